The van der Waals surface area contributed by atoms with Crippen LogP contribution in [0.25, 0.3) is 10.8 Å². The molecule has 0 aliphatic heterocycles. The lowest BCUT2D eigenvalue weighted by Crippen LogP contribution is -2.19. The zero-order valence-electron chi connectivity index (χ0n) is 17.2. The molecule has 0 saturated carbocycles. The van der Waals surface area contributed by atoms with Gasteiger partial charge in [-0.1, -0.05) is 54.6 Å². The zero-order valence-corrected chi connectivity index (χ0v) is 17.2. The molecule has 3 aromatic rings. The van der Waals surface area contributed by atoms with Crippen LogP contribution in [-0.4, -0.2) is 13.2 Å². The van der Waals surface area contributed by atoms with Crippen LogP contribution in [0.5, 0.6) is 11.5 Å². The molecule has 29 heavy (non-hydrogen) atoms. The summed E-state index contributed by atoms with van der Waals surface area (Å²) in [5.41, 5.74) is 2.51. The van der Waals surface area contributed by atoms with Crippen LogP contribution in [0.15, 0.2) is 72.8 Å². The van der Waals surface area contributed by atoms with Crippen molar-refractivity contribution in [1.82, 2.24) is 5.32 Å². The first-order chi connectivity index (χ1) is 14.2. The topological polar surface area (TPSA) is 30.5 Å². The van der Waals surface area contributed by atoms with E-state index in [4.69, 9.17) is 9.47 Å². The molecule has 0 saturated heterocycles. The van der Waals surface area contributed by atoms with Gasteiger partial charge in [0, 0.05) is 12.6 Å². The van der Waals surface area contributed by atoms with Crippen LogP contribution in [0, 0.1) is 0 Å². The van der Waals surface area contributed by atoms with Crippen LogP contribution in [0.3, 0.4) is 0 Å². The molecule has 0 spiro atoms. The fraction of sp³-hybridized carbons (Fsp3) is 0.308. The van der Waals surface area contributed by atoms with Crippen molar-refractivity contribution in [2.75, 3.05) is 7.11 Å². The lowest BCUT2D eigenvalue weighted by Gasteiger charge is -2.21. The molecule has 150 valence electrons. The quantitative estimate of drug-likeness (QED) is 0.491. The van der Waals surface area contributed by atoms with Crippen LogP contribution in [0.4, 0.5) is 0 Å². The number of ether oxygens (including phenoxy) is 2. The minimum Gasteiger partial charge on any atom is -0.493 e. The minimum atomic E-state index is 0.135. The highest BCUT2D eigenvalue weighted by molar-refractivity contribution is 5.86. The summed E-state index contributed by atoms with van der Waals surface area (Å²) >= 11 is 0. The lowest BCUT2D eigenvalue weighted by atomic mass is 9.99. The highest BCUT2D eigenvalue weighted by Crippen LogP contribution is 2.31. The van der Waals surface area contributed by atoms with Crippen molar-refractivity contribution < 1.29 is 9.47 Å². The number of nitrogens with one attached hydrogen (secondary N) is 1. The van der Waals surface area contributed by atoms with E-state index < -0.39 is 0 Å². The predicted molar refractivity (Wildman–Crippen MR) is 120 cm³/mol. The van der Waals surface area contributed by atoms with E-state index in [2.05, 4.69) is 79.0 Å². The van der Waals surface area contributed by atoms with Gasteiger partial charge in [0.25, 0.3) is 0 Å². The van der Waals surface area contributed by atoms with Crippen LogP contribution in [-0.2, 0) is 6.54 Å². The van der Waals surface area contributed by atoms with Gasteiger partial charge in [-0.25, -0.2) is 0 Å². The van der Waals surface area contributed by atoms with Crippen molar-refractivity contribution in [3.8, 4) is 11.5 Å². The Hall–Kier alpha value is -2.78. The Morgan fingerprint density at radius 2 is 1.90 bits per heavy atom. The van der Waals surface area contributed by atoms with E-state index in [0.29, 0.717) is 0 Å². The molecule has 1 aliphatic rings. The number of rotatable bonds is 7. The highest BCUT2D eigenvalue weighted by Gasteiger charge is 2.14. The first kappa shape index (κ1) is 19.5. The SMILES string of the molecule is COc1ccc(CN[C@H](C)c2cccc3ccccc23)cc1OC1C=CCCC1. The standard InChI is InChI=1S/C26H29NO2/c1-19(23-14-8-10-21-9-6-7-13-24(21)23)27-18-20-15-16-25(28-2)26(17-20)29-22-11-4-3-5-12-22/h4,6-11,13-17,19,22,27H,3,5,12,18H2,1-2H3/t19-,22?/m1/s1. The van der Waals surface area contributed by atoms with Gasteiger partial charge >= 0.3 is 0 Å². The Morgan fingerprint density at radius 1 is 1.03 bits per heavy atom. The Balaban J connectivity index is 1.48. The number of allylic oxidation sites excluding steroid dienone is 1. The molecule has 4 rings (SSSR count). The van der Waals surface area contributed by atoms with E-state index in [0.717, 1.165) is 30.9 Å². The fourth-order valence-electron chi connectivity index (χ4n) is 3.97. The molecule has 1 aliphatic carbocycles. The minimum absolute atomic E-state index is 0.135. The van der Waals surface area contributed by atoms with E-state index >= 15 is 0 Å². The summed E-state index contributed by atoms with van der Waals surface area (Å²) < 4.78 is 11.7. The van der Waals surface area contributed by atoms with Gasteiger partial charge in [0.05, 0.1) is 7.11 Å². The molecule has 0 radical (unpaired) electrons. The van der Waals surface area contributed by atoms with Crippen LogP contribution in [0.2, 0.25) is 0 Å². The van der Waals surface area contributed by atoms with Crippen molar-refractivity contribution in [1.29, 1.82) is 0 Å². The van der Waals surface area contributed by atoms with E-state index in [1.54, 1.807) is 7.11 Å². The number of hydrogen-bond donors (Lipinski definition) is 1. The zero-order chi connectivity index (χ0) is 20.1. The Bertz CT molecular complexity index is 990. The molecule has 0 aromatic heterocycles. The summed E-state index contributed by atoms with van der Waals surface area (Å²) in [5, 5.41) is 6.25. The second-order valence-electron chi connectivity index (χ2n) is 7.67. The third-order valence-electron chi connectivity index (χ3n) is 5.62. The van der Waals surface area contributed by atoms with E-state index in [1.807, 2.05) is 6.07 Å². The van der Waals surface area contributed by atoms with E-state index in [9.17, 15) is 0 Å². The molecule has 3 nitrogen and oxygen atoms in total. The molecule has 1 unspecified atom stereocenters. The van der Waals surface area contributed by atoms with Gasteiger partial charge in [-0.3, -0.25) is 0 Å². The molecule has 2 atom stereocenters. The van der Waals surface area contributed by atoms with Gasteiger partial charge in [0.1, 0.15) is 6.10 Å². The molecular weight excluding hydrogens is 358 g/mol. The molecule has 0 heterocycles. The maximum Gasteiger partial charge on any atom is 0.162 e. The van der Waals surface area contributed by atoms with E-state index in [-0.39, 0.29) is 12.1 Å². The maximum atomic E-state index is 6.23. The van der Waals surface area contributed by atoms with Crippen molar-refractivity contribution >= 4 is 10.8 Å². The van der Waals surface area contributed by atoms with Crippen LogP contribution >= 0.6 is 0 Å². The van der Waals surface area contributed by atoms with Crippen LogP contribution in [0.1, 0.15) is 43.4 Å². The number of benzene rings is 3. The van der Waals surface area contributed by atoms with Gasteiger partial charge in [-0.2, -0.15) is 0 Å². The van der Waals surface area contributed by atoms with Gasteiger partial charge in [-0.15, -0.1) is 0 Å². The predicted octanol–water partition coefficient (Wildman–Crippen LogP) is 6.19. The summed E-state index contributed by atoms with van der Waals surface area (Å²) in [5.74, 6) is 1.61. The maximum absolute atomic E-state index is 6.23. The highest BCUT2D eigenvalue weighted by atomic mass is 16.5. The van der Waals surface area contributed by atoms with Gasteiger partial charge < -0.3 is 14.8 Å². The molecular formula is C26H29NO2. The molecule has 1 N–H and O–H groups in total. The normalized spacial score (nSPS) is 17.2. The molecule has 0 fully saturated rings. The van der Waals surface area contributed by atoms with Crippen molar-refractivity contribution in [2.24, 2.45) is 0 Å². The third kappa shape index (κ3) is 4.63. The van der Waals surface area contributed by atoms with Crippen LogP contribution < -0.4 is 14.8 Å². The lowest BCUT2D eigenvalue weighted by molar-refractivity contribution is 0.219. The summed E-state index contributed by atoms with van der Waals surface area (Å²) in [4.78, 5) is 0. The average Bonchev–Trinajstić information content (AvgIpc) is 2.78. The van der Waals surface area contributed by atoms with Crippen molar-refractivity contribution in [2.45, 2.75) is 44.9 Å². The summed E-state index contributed by atoms with van der Waals surface area (Å²) in [6, 6.07) is 21.5. The van der Waals surface area contributed by atoms with Gasteiger partial charge in [0.2, 0.25) is 0 Å². The Kier molecular flexibility index (Phi) is 6.16. The number of hydrogen-bond acceptors (Lipinski definition) is 3. The Morgan fingerprint density at radius 3 is 2.72 bits per heavy atom. The van der Waals surface area contributed by atoms with Crippen molar-refractivity contribution in [3.05, 3.63) is 83.9 Å². The fourth-order valence-corrected chi connectivity index (χ4v) is 3.97. The first-order valence-corrected chi connectivity index (χ1v) is 10.5. The molecule has 0 amide bonds. The molecule has 3 aromatic carbocycles. The summed E-state index contributed by atoms with van der Waals surface area (Å²) in [6.45, 7) is 2.99. The second-order valence-corrected chi connectivity index (χ2v) is 7.67. The second kappa shape index (κ2) is 9.15. The molecule has 3 heteroatoms. The van der Waals surface area contributed by atoms with E-state index in [1.165, 1.54) is 28.3 Å². The average molecular weight is 388 g/mol. The smallest absolute Gasteiger partial charge is 0.162 e. The van der Waals surface area contributed by atoms with Crippen molar-refractivity contribution in [3.63, 3.8) is 0 Å². The molecule has 0 bridgehead atoms. The third-order valence-corrected chi connectivity index (χ3v) is 5.62. The van der Waals surface area contributed by atoms with Gasteiger partial charge in [-0.05, 0) is 66.3 Å². The summed E-state index contributed by atoms with van der Waals surface area (Å²) in [6.07, 6.45) is 7.88. The monoisotopic (exact) mass is 387 g/mol. The summed E-state index contributed by atoms with van der Waals surface area (Å²) in [7, 11) is 1.69. The Labute approximate surface area is 173 Å². The number of fused-ring (bicyclic) bond motifs is 1. The van der Waals surface area contributed by atoms with Gasteiger partial charge in [0.15, 0.2) is 11.5 Å². The first-order valence-electron chi connectivity index (χ1n) is 10.5. The largest absolute Gasteiger partial charge is 0.493 e. The number of methoxy groups -OCH3 is 1.